The van der Waals surface area contributed by atoms with Gasteiger partial charge in [-0.05, 0) is 37.6 Å². The molecule has 1 heterocycles. The quantitative estimate of drug-likeness (QED) is 0.635. The van der Waals surface area contributed by atoms with Gasteiger partial charge in [-0.2, -0.15) is 4.31 Å². The van der Waals surface area contributed by atoms with Crippen LogP contribution in [0.3, 0.4) is 0 Å². The highest BCUT2D eigenvalue weighted by molar-refractivity contribution is 7.89. The number of carbonyl (C=O) groups is 2. The molecule has 2 aromatic carbocycles. The Morgan fingerprint density at radius 1 is 1.00 bits per heavy atom. The first-order valence-electron chi connectivity index (χ1n) is 10.4. The molecule has 0 unspecified atom stereocenters. The van der Waals surface area contributed by atoms with E-state index in [0.717, 1.165) is 6.54 Å². The number of carbonyl (C=O) groups excluding carboxylic acids is 2. The number of nitrogens with zero attached hydrogens (tertiary/aromatic N) is 2. The molecular weight excluding hydrogens is 430 g/mol. The molecule has 172 valence electrons. The van der Waals surface area contributed by atoms with E-state index in [1.165, 1.54) is 55.1 Å². The van der Waals surface area contributed by atoms with E-state index < -0.39 is 27.4 Å². The fraction of sp³-hybridized carbons (Fsp3) is 0.391. The Bertz CT molecular complexity index is 1060. The maximum Gasteiger partial charge on any atom is 0.330 e. The Kier molecular flexibility index (Phi) is 7.33. The van der Waals surface area contributed by atoms with Crippen LogP contribution in [-0.4, -0.2) is 68.3 Å². The van der Waals surface area contributed by atoms with E-state index in [0.29, 0.717) is 26.2 Å². The number of amides is 1. The van der Waals surface area contributed by atoms with Crippen molar-refractivity contribution in [3.05, 3.63) is 65.7 Å². The summed E-state index contributed by atoms with van der Waals surface area (Å²) in [6.45, 7) is 5.82. The zero-order valence-corrected chi connectivity index (χ0v) is 19.4. The topological polar surface area (TPSA) is 96.0 Å². The molecule has 1 aliphatic heterocycles. The summed E-state index contributed by atoms with van der Waals surface area (Å²) in [7, 11) is -2.50. The molecule has 0 spiro atoms. The second kappa shape index (κ2) is 9.81. The minimum Gasteiger partial charge on any atom is -0.467 e. The summed E-state index contributed by atoms with van der Waals surface area (Å²) in [6.07, 6.45) is 0. The van der Waals surface area contributed by atoms with E-state index in [9.17, 15) is 18.0 Å². The maximum atomic E-state index is 13.2. The summed E-state index contributed by atoms with van der Waals surface area (Å²) >= 11 is 0. The van der Waals surface area contributed by atoms with Gasteiger partial charge in [0, 0.05) is 38.3 Å². The fourth-order valence-electron chi connectivity index (χ4n) is 3.58. The molecule has 1 saturated heterocycles. The van der Waals surface area contributed by atoms with Crippen LogP contribution in [0.25, 0.3) is 0 Å². The lowest BCUT2D eigenvalue weighted by molar-refractivity contribution is -0.146. The van der Waals surface area contributed by atoms with E-state index in [4.69, 9.17) is 4.74 Å². The van der Waals surface area contributed by atoms with Crippen LogP contribution in [0.1, 0.15) is 29.8 Å². The molecule has 9 heteroatoms. The van der Waals surface area contributed by atoms with Gasteiger partial charge in [-0.1, -0.05) is 36.4 Å². The van der Waals surface area contributed by atoms with Crippen LogP contribution in [0.2, 0.25) is 0 Å². The van der Waals surface area contributed by atoms with Crippen LogP contribution in [0, 0.1) is 0 Å². The monoisotopic (exact) mass is 459 g/mol. The SMILES string of the molecule is COC(=O)C(C)(C)NC(=O)c1cccc(S(=O)(=O)N2CCN(Cc3ccccc3)CC2)c1. The van der Waals surface area contributed by atoms with Gasteiger partial charge in [0.1, 0.15) is 5.54 Å². The first-order chi connectivity index (χ1) is 15.1. The van der Waals surface area contributed by atoms with Gasteiger partial charge < -0.3 is 10.1 Å². The third kappa shape index (κ3) is 5.53. The van der Waals surface area contributed by atoms with Crippen LogP contribution in [0.5, 0.6) is 0 Å². The lowest BCUT2D eigenvalue weighted by Gasteiger charge is -2.34. The Hall–Kier alpha value is -2.75. The van der Waals surface area contributed by atoms with Crippen molar-refractivity contribution in [3.8, 4) is 0 Å². The van der Waals surface area contributed by atoms with Gasteiger partial charge in [-0.25, -0.2) is 13.2 Å². The predicted molar refractivity (Wildman–Crippen MR) is 120 cm³/mol. The Labute approximate surface area is 189 Å². The molecule has 0 atom stereocenters. The number of rotatable bonds is 7. The van der Waals surface area contributed by atoms with Gasteiger partial charge >= 0.3 is 5.97 Å². The number of piperazine rings is 1. The highest BCUT2D eigenvalue weighted by Crippen LogP contribution is 2.20. The summed E-state index contributed by atoms with van der Waals surface area (Å²) in [4.78, 5) is 26.7. The molecule has 1 amide bonds. The summed E-state index contributed by atoms with van der Waals surface area (Å²) < 4.78 is 32.5. The zero-order valence-electron chi connectivity index (χ0n) is 18.6. The van der Waals surface area contributed by atoms with Crippen LogP contribution < -0.4 is 5.32 Å². The maximum absolute atomic E-state index is 13.2. The molecule has 32 heavy (non-hydrogen) atoms. The van der Waals surface area contributed by atoms with Crippen molar-refractivity contribution in [1.29, 1.82) is 0 Å². The molecular formula is C23H29N3O5S. The van der Waals surface area contributed by atoms with E-state index in [1.54, 1.807) is 0 Å². The molecule has 0 saturated carbocycles. The molecule has 2 aromatic rings. The minimum atomic E-state index is -3.74. The van der Waals surface area contributed by atoms with Gasteiger partial charge in [-0.15, -0.1) is 0 Å². The number of hydrogen-bond donors (Lipinski definition) is 1. The first kappa shape index (κ1) is 23.9. The number of hydrogen-bond acceptors (Lipinski definition) is 6. The minimum absolute atomic E-state index is 0.0533. The van der Waals surface area contributed by atoms with Gasteiger partial charge in [0.25, 0.3) is 5.91 Å². The summed E-state index contributed by atoms with van der Waals surface area (Å²) in [6, 6.07) is 15.9. The molecule has 8 nitrogen and oxygen atoms in total. The molecule has 0 aliphatic carbocycles. The lowest BCUT2D eigenvalue weighted by Crippen LogP contribution is -2.50. The molecule has 1 fully saturated rings. The lowest BCUT2D eigenvalue weighted by atomic mass is 10.1. The number of nitrogens with one attached hydrogen (secondary N) is 1. The van der Waals surface area contributed by atoms with Crippen molar-refractivity contribution in [1.82, 2.24) is 14.5 Å². The Morgan fingerprint density at radius 2 is 1.66 bits per heavy atom. The Morgan fingerprint density at radius 3 is 2.28 bits per heavy atom. The highest BCUT2D eigenvalue weighted by Gasteiger charge is 2.32. The number of ether oxygens (including phenoxy) is 1. The number of esters is 1. The first-order valence-corrected chi connectivity index (χ1v) is 11.8. The van der Waals surface area contributed by atoms with Crippen LogP contribution >= 0.6 is 0 Å². The van der Waals surface area contributed by atoms with Crippen molar-refractivity contribution in [2.75, 3.05) is 33.3 Å². The van der Waals surface area contributed by atoms with Crippen molar-refractivity contribution in [2.24, 2.45) is 0 Å². The average molecular weight is 460 g/mol. The van der Waals surface area contributed by atoms with Crippen molar-refractivity contribution < 1.29 is 22.7 Å². The predicted octanol–water partition coefficient (Wildman–Crippen LogP) is 1.87. The average Bonchev–Trinajstić information content (AvgIpc) is 2.79. The van der Waals surface area contributed by atoms with Crippen molar-refractivity contribution in [2.45, 2.75) is 30.8 Å². The number of benzene rings is 2. The smallest absolute Gasteiger partial charge is 0.330 e. The van der Waals surface area contributed by atoms with Crippen molar-refractivity contribution in [3.63, 3.8) is 0 Å². The largest absolute Gasteiger partial charge is 0.467 e. The second-order valence-electron chi connectivity index (χ2n) is 8.26. The summed E-state index contributed by atoms with van der Waals surface area (Å²) in [5, 5.41) is 2.58. The zero-order chi connectivity index (χ0) is 23.4. The standard InChI is InChI=1S/C23H29N3O5S/c1-23(2,22(28)31-3)24-21(27)19-10-7-11-20(16-19)32(29,30)26-14-12-25(13-15-26)17-18-8-5-4-6-9-18/h4-11,16H,12-15,17H2,1-3H3,(H,24,27). The molecule has 0 bridgehead atoms. The highest BCUT2D eigenvalue weighted by atomic mass is 32.2. The normalized spacial score (nSPS) is 15.8. The molecule has 0 radical (unpaired) electrons. The van der Waals surface area contributed by atoms with Crippen LogP contribution in [0.15, 0.2) is 59.5 Å². The fourth-order valence-corrected chi connectivity index (χ4v) is 5.05. The number of methoxy groups -OCH3 is 1. The van der Waals surface area contributed by atoms with Gasteiger partial charge in [-0.3, -0.25) is 9.69 Å². The van der Waals surface area contributed by atoms with Gasteiger partial charge in [0.2, 0.25) is 10.0 Å². The molecule has 0 aromatic heterocycles. The van der Waals surface area contributed by atoms with Gasteiger partial charge in [0.05, 0.1) is 12.0 Å². The third-order valence-electron chi connectivity index (χ3n) is 5.44. The van der Waals surface area contributed by atoms with E-state index >= 15 is 0 Å². The summed E-state index contributed by atoms with van der Waals surface area (Å²) in [5.74, 6) is -1.15. The van der Waals surface area contributed by atoms with Gasteiger partial charge in [0.15, 0.2) is 0 Å². The number of sulfonamides is 1. The third-order valence-corrected chi connectivity index (χ3v) is 7.33. The molecule has 1 N–H and O–H groups in total. The molecule has 3 rings (SSSR count). The second-order valence-corrected chi connectivity index (χ2v) is 10.2. The van der Waals surface area contributed by atoms with E-state index in [-0.39, 0.29) is 10.5 Å². The van der Waals surface area contributed by atoms with Crippen molar-refractivity contribution >= 4 is 21.9 Å². The van der Waals surface area contributed by atoms with Crippen LogP contribution in [0.4, 0.5) is 0 Å². The van der Waals surface area contributed by atoms with E-state index in [1.807, 2.05) is 18.2 Å². The van der Waals surface area contributed by atoms with Crippen LogP contribution in [-0.2, 0) is 26.1 Å². The molecule has 1 aliphatic rings. The van der Waals surface area contributed by atoms with E-state index in [2.05, 4.69) is 22.3 Å². The summed E-state index contributed by atoms with van der Waals surface area (Å²) in [5.41, 5.74) is 0.110. The Balaban J connectivity index is 1.67.